The van der Waals surface area contributed by atoms with Crippen LogP contribution in [0.15, 0.2) is 72.2 Å². The van der Waals surface area contributed by atoms with Gasteiger partial charge in [-0.3, -0.25) is 4.79 Å². The summed E-state index contributed by atoms with van der Waals surface area (Å²) in [6.45, 7) is 2.01. The highest BCUT2D eigenvalue weighted by atomic mass is 32.1. The molecule has 0 bridgehead atoms. The molecule has 2 heterocycles. The van der Waals surface area contributed by atoms with Crippen LogP contribution in [0.5, 0.6) is 0 Å². The summed E-state index contributed by atoms with van der Waals surface area (Å²) in [7, 11) is 0. The lowest BCUT2D eigenvalue weighted by Crippen LogP contribution is -2.34. The molecule has 0 aliphatic carbocycles. The van der Waals surface area contributed by atoms with E-state index in [2.05, 4.69) is 50.9 Å². The Balaban J connectivity index is 1.37. The topological polar surface area (TPSA) is 66.9 Å². The van der Waals surface area contributed by atoms with Gasteiger partial charge < -0.3 is 10.6 Å². The number of amides is 1. The van der Waals surface area contributed by atoms with Crippen LogP contribution in [0.3, 0.4) is 0 Å². The Hall–Kier alpha value is -3.25. The first-order valence-corrected chi connectivity index (χ1v) is 9.97. The Kier molecular flexibility index (Phi) is 5.30. The first kappa shape index (κ1) is 18.1. The van der Waals surface area contributed by atoms with Crippen LogP contribution in [0, 0.1) is 0 Å². The minimum atomic E-state index is -0.168. The first-order valence-electron chi connectivity index (χ1n) is 9.09. The molecule has 2 aromatic heterocycles. The largest absolute Gasteiger partial charge is 0.348 e. The number of nitrogens with zero attached hydrogens (tertiary/aromatic N) is 2. The lowest BCUT2D eigenvalue weighted by molar-refractivity contribution is 0.0936. The fourth-order valence-corrected chi connectivity index (χ4v) is 3.75. The first-order chi connectivity index (χ1) is 13.7. The summed E-state index contributed by atoms with van der Waals surface area (Å²) in [6.07, 6.45) is 2.47. The summed E-state index contributed by atoms with van der Waals surface area (Å²) in [5, 5.41) is 11.0. The minimum absolute atomic E-state index is 0.00237. The van der Waals surface area contributed by atoms with Gasteiger partial charge in [0, 0.05) is 17.6 Å². The number of nitrogens with one attached hydrogen (secondary N) is 2. The second-order valence-corrected chi connectivity index (χ2v) is 7.50. The molecule has 0 fully saturated rings. The Labute approximate surface area is 167 Å². The van der Waals surface area contributed by atoms with E-state index in [-0.39, 0.29) is 11.9 Å². The summed E-state index contributed by atoms with van der Waals surface area (Å²) >= 11 is 1.38. The van der Waals surface area contributed by atoms with Gasteiger partial charge in [0.15, 0.2) is 5.13 Å². The molecule has 28 heavy (non-hydrogen) atoms. The van der Waals surface area contributed by atoms with E-state index in [1.165, 1.54) is 27.7 Å². The van der Waals surface area contributed by atoms with E-state index >= 15 is 0 Å². The van der Waals surface area contributed by atoms with E-state index in [0.29, 0.717) is 16.6 Å². The highest BCUT2D eigenvalue weighted by molar-refractivity contribution is 7.14. The molecule has 0 saturated heterocycles. The molecule has 1 unspecified atom stereocenters. The smallest absolute Gasteiger partial charge is 0.271 e. The quantitative estimate of drug-likeness (QED) is 0.498. The zero-order chi connectivity index (χ0) is 19.3. The van der Waals surface area contributed by atoms with Crippen LogP contribution in [0.1, 0.15) is 23.0 Å². The summed E-state index contributed by atoms with van der Waals surface area (Å²) in [6, 6.07) is 20.3. The van der Waals surface area contributed by atoms with Crippen LogP contribution in [0.2, 0.25) is 0 Å². The molecular formula is C22H20N4OS. The van der Waals surface area contributed by atoms with Gasteiger partial charge >= 0.3 is 0 Å². The Morgan fingerprint density at radius 1 is 1.07 bits per heavy atom. The number of pyridine rings is 1. The third kappa shape index (κ3) is 4.35. The second-order valence-electron chi connectivity index (χ2n) is 6.64. The molecule has 2 aromatic carbocycles. The molecule has 0 aliphatic rings. The highest BCUT2D eigenvalue weighted by Gasteiger charge is 2.14. The maximum Gasteiger partial charge on any atom is 0.271 e. The van der Waals surface area contributed by atoms with Crippen LogP contribution in [-0.4, -0.2) is 21.9 Å². The second kappa shape index (κ2) is 8.19. The van der Waals surface area contributed by atoms with Crippen LogP contribution < -0.4 is 10.6 Å². The maximum atomic E-state index is 12.5. The van der Waals surface area contributed by atoms with Crippen molar-refractivity contribution in [2.75, 3.05) is 5.32 Å². The van der Waals surface area contributed by atoms with Crippen LogP contribution in [-0.2, 0) is 6.42 Å². The molecule has 1 atom stereocenters. The average molecular weight is 388 g/mol. The van der Waals surface area contributed by atoms with Gasteiger partial charge in [0.1, 0.15) is 11.5 Å². The van der Waals surface area contributed by atoms with Crippen molar-refractivity contribution in [2.45, 2.75) is 19.4 Å². The van der Waals surface area contributed by atoms with Crippen molar-refractivity contribution in [1.82, 2.24) is 15.3 Å². The third-order valence-electron chi connectivity index (χ3n) is 4.37. The van der Waals surface area contributed by atoms with Crippen molar-refractivity contribution in [3.8, 4) is 0 Å². The summed E-state index contributed by atoms with van der Waals surface area (Å²) in [5.41, 5.74) is 1.61. The number of fused-ring (bicyclic) bond motifs is 1. The molecule has 2 N–H and O–H groups in total. The zero-order valence-corrected chi connectivity index (χ0v) is 16.2. The number of aromatic nitrogens is 2. The number of rotatable bonds is 6. The van der Waals surface area contributed by atoms with Gasteiger partial charge in [0.05, 0.1) is 0 Å². The lowest BCUT2D eigenvalue weighted by atomic mass is 10.0. The fourth-order valence-electron chi connectivity index (χ4n) is 3.05. The molecule has 4 rings (SSSR count). The van der Waals surface area contributed by atoms with Crippen LogP contribution in [0.4, 0.5) is 10.9 Å². The number of benzene rings is 2. The lowest BCUT2D eigenvalue weighted by Gasteiger charge is -2.13. The molecule has 0 aliphatic heterocycles. The van der Waals surface area contributed by atoms with Gasteiger partial charge in [-0.15, -0.1) is 11.3 Å². The monoisotopic (exact) mass is 388 g/mol. The van der Waals surface area contributed by atoms with E-state index in [9.17, 15) is 4.79 Å². The minimum Gasteiger partial charge on any atom is -0.348 e. The number of hydrogen-bond donors (Lipinski definition) is 2. The van der Waals surface area contributed by atoms with E-state index in [1.54, 1.807) is 11.6 Å². The standard InChI is InChI=1S/C22H20N4OS/c1-15(12-16-9-10-17-6-2-3-7-18(17)13-16)24-21(27)19-14-28-22(25-19)26-20-8-4-5-11-23-20/h2-11,13-15H,12H2,1H3,(H,24,27)(H,23,25,26). The highest BCUT2D eigenvalue weighted by Crippen LogP contribution is 2.20. The summed E-state index contributed by atoms with van der Waals surface area (Å²) < 4.78 is 0. The fraction of sp³-hybridized carbons (Fsp3) is 0.136. The SMILES string of the molecule is CC(Cc1ccc2ccccc2c1)NC(=O)c1csc(Nc2ccccn2)n1. The van der Waals surface area contributed by atoms with Gasteiger partial charge in [-0.25, -0.2) is 9.97 Å². The number of carbonyl (C=O) groups excluding carboxylic acids is 1. The number of thiazole rings is 1. The van der Waals surface area contributed by atoms with E-state index in [4.69, 9.17) is 0 Å². The molecular weight excluding hydrogens is 368 g/mol. The van der Waals surface area contributed by atoms with Crippen molar-refractivity contribution in [3.63, 3.8) is 0 Å². The van der Waals surface area contributed by atoms with Gasteiger partial charge in [-0.1, -0.05) is 48.5 Å². The molecule has 0 radical (unpaired) electrons. The number of hydrogen-bond acceptors (Lipinski definition) is 5. The number of anilines is 2. The zero-order valence-electron chi connectivity index (χ0n) is 15.4. The third-order valence-corrected chi connectivity index (χ3v) is 5.13. The van der Waals surface area contributed by atoms with E-state index in [1.807, 2.05) is 37.3 Å². The molecule has 0 spiro atoms. The molecule has 0 saturated carbocycles. The van der Waals surface area contributed by atoms with Gasteiger partial charge in [-0.2, -0.15) is 0 Å². The van der Waals surface area contributed by atoms with Crippen LogP contribution in [0.25, 0.3) is 10.8 Å². The van der Waals surface area contributed by atoms with Crippen LogP contribution >= 0.6 is 11.3 Å². The van der Waals surface area contributed by atoms with Crippen molar-refractivity contribution in [2.24, 2.45) is 0 Å². The molecule has 6 heteroatoms. The maximum absolute atomic E-state index is 12.5. The Bertz CT molecular complexity index is 1090. The van der Waals surface area contributed by atoms with Crippen molar-refractivity contribution < 1.29 is 4.79 Å². The van der Waals surface area contributed by atoms with Gasteiger partial charge in [0.25, 0.3) is 5.91 Å². The normalized spacial score (nSPS) is 11.9. The summed E-state index contributed by atoms with van der Waals surface area (Å²) in [4.78, 5) is 21.1. The van der Waals surface area contributed by atoms with Gasteiger partial charge in [0.2, 0.25) is 0 Å². The van der Waals surface area contributed by atoms with E-state index in [0.717, 1.165) is 6.42 Å². The van der Waals surface area contributed by atoms with Crippen molar-refractivity contribution in [3.05, 3.63) is 83.5 Å². The predicted molar refractivity (Wildman–Crippen MR) is 114 cm³/mol. The molecule has 5 nitrogen and oxygen atoms in total. The predicted octanol–water partition coefficient (Wildman–Crippen LogP) is 4.80. The Morgan fingerprint density at radius 3 is 2.71 bits per heavy atom. The summed E-state index contributed by atoms with van der Waals surface area (Å²) in [5.74, 6) is 0.534. The van der Waals surface area contributed by atoms with E-state index < -0.39 is 0 Å². The van der Waals surface area contributed by atoms with Crippen molar-refractivity contribution >= 4 is 39.0 Å². The Morgan fingerprint density at radius 2 is 1.89 bits per heavy atom. The molecule has 4 aromatic rings. The number of carbonyl (C=O) groups is 1. The average Bonchev–Trinajstić information content (AvgIpc) is 3.17. The molecule has 1 amide bonds. The molecule has 140 valence electrons. The van der Waals surface area contributed by atoms with Crippen molar-refractivity contribution in [1.29, 1.82) is 0 Å². The van der Waals surface area contributed by atoms with Gasteiger partial charge in [-0.05, 0) is 41.8 Å².